The van der Waals surface area contributed by atoms with Crippen molar-refractivity contribution in [3.05, 3.63) is 78.9 Å². The van der Waals surface area contributed by atoms with Gasteiger partial charge in [0, 0.05) is 34.4 Å². The Labute approximate surface area is 169 Å². The normalized spacial score (nSPS) is 10.9. The van der Waals surface area contributed by atoms with E-state index in [4.69, 9.17) is 0 Å². The van der Waals surface area contributed by atoms with Gasteiger partial charge in [-0.1, -0.05) is 24.3 Å². The number of rotatable bonds is 6. The lowest BCUT2D eigenvalue weighted by atomic mass is 10.1. The molecule has 0 aliphatic heterocycles. The van der Waals surface area contributed by atoms with E-state index in [2.05, 4.69) is 10.2 Å². The standard InChI is InChI=1S/C18H16N6O6/c1-11-3-5-13(7-15(11)23(27)28)9-19-21-17(25)18(26)22-20-10-14-6-4-12(2)16(8-14)24(29)30/h3-10H,1-2H3,(H,21,25)(H,22,26)/b19-9-,20-10-. The Balaban J connectivity index is 1.93. The molecule has 0 aliphatic carbocycles. The first-order chi connectivity index (χ1) is 14.2. The molecule has 0 spiro atoms. The summed E-state index contributed by atoms with van der Waals surface area (Å²) in [5.41, 5.74) is 5.36. The van der Waals surface area contributed by atoms with E-state index >= 15 is 0 Å². The number of nitro benzene ring substituents is 2. The Kier molecular flexibility index (Phi) is 7.01. The van der Waals surface area contributed by atoms with Crippen LogP contribution in [-0.2, 0) is 9.59 Å². The minimum absolute atomic E-state index is 0.103. The van der Waals surface area contributed by atoms with Crippen molar-refractivity contribution in [2.75, 3.05) is 0 Å². The first-order valence-electron chi connectivity index (χ1n) is 8.35. The van der Waals surface area contributed by atoms with Gasteiger partial charge in [-0.15, -0.1) is 0 Å². The van der Waals surface area contributed by atoms with Crippen LogP contribution in [0.3, 0.4) is 0 Å². The molecule has 2 amide bonds. The van der Waals surface area contributed by atoms with Crippen LogP contribution in [0, 0.1) is 34.1 Å². The quantitative estimate of drug-likeness (QED) is 0.317. The molecule has 12 nitrogen and oxygen atoms in total. The largest absolute Gasteiger partial charge is 0.331 e. The van der Waals surface area contributed by atoms with E-state index < -0.39 is 21.7 Å². The molecule has 0 saturated carbocycles. The van der Waals surface area contributed by atoms with Gasteiger partial charge in [0.1, 0.15) is 0 Å². The number of benzene rings is 2. The lowest BCUT2D eigenvalue weighted by Crippen LogP contribution is -2.35. The molecule has 0 aliphatic rings. The molecule has 12 heteroatoms. The Morgan fingerprint density at radius 1 is 0.800 bits per heavy atom. The fourth-order valence-electron chi connectivity index (χ4n) is 2.24. The average Bonchev–Trinajstić information content (AvgIpc) is 2.69. The fraction of sp³-hybridized carbons (Fsp3) is 0.111. The Morgan fingerprint density at radius 2 is 1.17 bits per heavy atom. The third-order valence-electron chi connectivity index (χ3n) is 3.83. The highest BCUT2D eigenvalue weighted by Crippen LogP contribution is 2.19. The second-order valence-electron chi connectivity index (χ2n) is 6.00. The van der Waals surface area contributed by atoms with E-state index in [0.29, 0.717) is 22.3 Å². The van der Waals surface area contributed by atoms with Gasteiger partial charge in [0.15, 0.2) is 0 Å². The monoisotopic (exact) mass is 412 g/mol. The number of nitrogens with zero attached hydrogens (tertiary/aromatic N) is 4. The van der Waals surface area contributed by atoms with Crippen molar-refractivity contribution in [2.45, 2.75) is 13.8 Å². The molecule has 30 heavy (non-hydrogen) atoms. The first-order valence-corrected chi connectivity index (χ1v) is 8.35. The third kappa shape index (κ3) is 5.76. The van der Waals surface area contributed by atoms with E-state index in [1.54, 1.807) is 26.0 Å². The zero-order chi connectivity index (χ0) is 22.3. The van der Waals surface area contributed by atoms with Crippen LogP contribution < -0.4 is 10.9 Å². The van der Waals surface area contributed by atoms with Crippen LogP contribution in [0.15, 0.2) is 46.6 Å². The van der Waals surface area contributed by atoms with Crippen molar-refractivity contribution >= 4 is 35.6 Å². The van der Waals surface area contributed by atoms with Gasteiger partial charge >= 0.3 is 11.8 Å². The summed E-state index contributed by atoms with van der Waals surface area (Å²) in [6.07, 6.45) is 2.29. The number of hydrogen-bond acceptors (Lipinski definition) is 8. The summed E-state index contributed by atoms with van der Waals surface area (Å²) in [5.74, 6) is -2.25. The minimum Gasteiger partial charge on any atom is -0.262 e. The van der Waals surface area contributed by atoms with Crippen molar-refractivity contribution in [1.82, 2.24) is 10.9 Å². The van der Waals surface area contributed by atoms with Gasteiger partial charge in [-0.2, -0.15) is 10.2 Å². The summed E-state index contributed by atoms with van der Waals surface area (Å²) in [7, 11) is 0. The van der Waals surface area contributed by atoms with E-state index in [9.17, 15) is 29.8 Å². The van der Waals surface area contributed by atoms with Crippen LogP contribution in [0.2, 0.25) is 0 Å². The summed E-state index contributed by atoms with van der Waals surface area (Å²) in [5, 5.41) is 28.9. The predicted octanol–water partition coefficient (Wildman–Crippen LogP) is 1.72. The van der Waals surface area contributed by atoms with Crippen molar-refractivity contribution in [2.24, 2.45) is 10.2 Å². The van der Waals surface area contributed by atoms with Crippen molar-refractivity contribution in [1.29, 1.82) is 0 Å². The van der Waals surface area contributed by atoms with E-state index in [-0.39, 0.29) is 11.4 Å². The van der Waals surface area contributed by atoms with Crippen LogP contribution in [0.4, 0.5) is 11.4 Å². The van der Waals surface area contributed by atoms with Crippen molar-refractivity contribution in [3.8, 4) is 0 Å². The summed E-state index contributed by atoms with van der Waals surface area (Å²) in [6.45, 7) is 3.17. The zero-order valence-electron chi connectivity index (χ0n) is 15.9. The summed E-state index contributed by atoms with van der Waals surface area (Å²) < 4.78 is 0. The predicted molar refractivity (Wildman–Crippen MR) is 107 cm³/mol. The number of hydrogen-bond donors (Lipinski definition) is 2. The van der Waals surface area contributed by atoms with Gasteiger partial charge in [-0.3, -0.25) is 29.8 Å². The highest BCUT2D eigenvalue weighted by atomic mass is 16.6. The minimum atomic E-state index is -1.13. The topological polar surface area (TPSA) is 169 Å². The van der Waals surface area contributed by atoms with E-state index in [1.807, 2.05) is 10.9 Å². The maximum atomic E-state index is 11.7. The molecule has 2 aromatic rings. The molecule has 0 fully saturated rings. The van der Waals surface area contributed by atoms with E-state index in [0.717, 1.165) is 12.4 Å². The maximum Gasteiger partial charge on any atom is 0.331 e. The number of amides is 2. The lowest BCUT2D eigenvalue weighted by Gasteiger charge is -2.00. The molecule has 2 aromatic carbocycles. The molecule has 0 unspecified atom stereocenters. The molecule has 0 aromatic heterocycles. The van der Waals surface area contributed by atoms with Crippen LogP contribution in [-0.4, -0.2) is 34.1 Å². The molecule has 0 heterocycles. The molecule has 0 bridgehead atoms. The van der Waals surface area contributed by atoms with Crippen molar-refractivity contribution < 1.29 is 19.4 Å². The first kappa shape index (κ1) is 21.8. The van der Waals surface area contributed by atoms with Gasteiger partial charge in [-0.25, -0.2) is 10.9 Å². The molecule has 0 radical (unpaired) electrons. The Morgan fingerprint density at radius 3 is 1.50 bits per heavy atom. The number of nitrogens with one attached hydrogen (secondary N) is 2. The number of aryl methyl sites for hydroxylation is 2. The smallest absolute Gasteiger partial charge is 0.262 e. The highest BCUT2D eigenvalue weighted by molar-refractivity contribution is 6.35. The number of carbonyl (C=O) groups is 2. The van der Waals surface area contributed by atoms with Crippen LogP contribution in [0.1, 0.15) is 22.3 Å². The fourth-order valence-corrected chi connectivity index (χ4v) is 2.24. The maximum absolute atomic E-state index is 11.7. The molecule has 154 valence electrons. The van der Waals surface area contributed by atoms with Crippen LogP contribution in [0.25, 0.3) is 0 Å². The SMILES string of the molecule is Cc1ccc(/C=N\NC(=O)C(=O)N/N=C\c2ccc(C)c([N+](=O)[O-])c2)cc1[N+](=O)[O-]. The Bertz CT molecular complexity index is 993. The number of nitro groups is 2. The molecule has 0 saturated heterocycles. The number of carbonyl (C=O) groups excluding carboxylic acids is 2. The highest BCUT2D eigenvalue weighted by Gasteiger charge is 2.13. The molecular formula is C18H16N6O6. The average molecular weight is 412 g/mol. The lowest BCUT2D eigenvalue weighted by molar-refractivity contribution is -0.385. The molecule has 2 rings (SSSR count). The Hall–Kier alpha value is -4.48. The second-order valence-corrected chi connectivity index (χ2v) is 6.00. The van der Waals surface area contributed by atoms with Gasteiger partial charge < -0.3 is 0 Å². The van der Waals surface area contributed by atoms with Gasteiger partial charge in [0.05, 0.1) is 22.3 Å². The molecular weight excluding hydrogens is 396 g/mol. The third-order valence-corrected chi connectivity index (χ3v) is 3.83. The van der Waals surface area contributed by atoms with Gasteiger partial charge in [0.25, 0.3) is 11.4 Å². The van der Waals surface area contributed by atoms with E-state index in [1.165, 1.54) is 24.3 Å². The van der Waals surface area contributed by atoms with Gasteiger partial charge in [0.2, 0.25) is 0 Å². The summed E-state index contributed by atoms with van der Waals surface area (Å²) >= 11 is 0. The zero-order valence-corrected chi connectivity index (χ0v) is 15.9. The van der Waals surface area contributed by atoms with Gasteiger partial charge in [-0.05, 0) is 13.8 Å². The summed E-state index contributed by atoms with van der Waals surface area (Å²) in [6, 6.07) is 8.72. The summed E-state index contributed by atoms with van der Waals surface area (Å²) in [4.78, 5) is 44.1. The van der Waals surface area contributed by atoms with Crippen LogP contribution >= 0.6 is 0 Å². The van der Waals surface area contributed by atoms with Crippen molar-refractivity contribution in [3.63, 3.8) is 0 Å². The second kappa shape index (κ2) is 9.64. The van der Waals surface area contributed by atoms with Crippen LogP contribution in [0.5, 0.6) is 0 Å². The molecule has 2 N–H and O–H groups in total. The molecule has 0 atom stereocenters. The number of hydrazone groups is 2.